The number of halogens is 1. The number of nitrogens with zero attached hydrogens (tertiary/aromatic N) is 1. The molecule has 0 aromatic heterocycles. The monoisotopic (exact) mass is 292 g/mol. The molecule has 1 aliphatic rings. The maximum atomic E-state index is 14.2. The van der Waals surface area contributed by atoms with E-state index in [1.54, 1.807) is 6.07 Å². The minimum Gasteiger partial charge on any atom is -0.371 e. The van der Waals surface area contributed by atoms with Crippen molar-refractivity contribution in [2.45, 2.75) is 52.5 Å². The molecule has 0 amide bonds. The molecule has 0 aliphatic carbocycles. The summed E-state index contributed by atoms with van der Waals surface area (Å²) in [6.07, 6.45) is 4.28. The molecule has 2 rings (SSSR count). The van der Waals surface area contributed by atoms with Crippen LogP contribution in [0.15, 0.2) is 18.2 Å². The van der Waals surface area contributed by atoms with Crippen molar-refractivity contribution in [2.24, 2.45) is 17.6 Å². The van der Waals surface area contributed by atoms with Gasteiger partial charge in [0.15, 0.2) is 0 Å². The van der Waals surface area contributed by atoms with Crippen LogP contribution in [0.25, 0.3) is 0 Å². The van der Waals surface area contributed by atoms with E-state index in [4.69, 9.17) is 5.73 Å². The summed E-state index contributed by atoms with van der Waals surface area (Å²) in [5, 5.41) is 0. The van der Waals surface area contributed by atoms with E-state index in [0.29, 0.717) is 6.42 Å². The third kappa shape index (κ3) is 4.19. The van der Waals surface area contributed by atoms with Gasteiger partial charge in [0.1, 0.15) is 5.82 Å². The second-order valence-corrected chi connectivity index (χ2v) is 6.84. The first-order chi connectivity index (χ1) is 9.99. The maximum Gasteiger partial charge on any atom is 0.128 e. The Morgan fingerprint density at radius 1 is 1.24 bits per heavy atom. The van der Waals surface area contributed by atoms with Gasteiger partial charge in [-0.05, 0) is 56.6 Å². The van der Waals surface area contributed by atoms with Gasteiger partial charge in [-0.2, -0.15) is 0 Å². The Labute approximate surface area is 128 Å². The zero-order chi connectivity index (χ0) is 15.4. The average molecular weight is 292 g/mol. The summed E-state index contributed by atoms with van der Waals surface area (Å²) in [6.45, 7) is 8.61. The van der Waals surface area contributed by atoms with Gasteiger partial charge in [0.2, 0.25) is 0 Å². The predicted octanol–water partition coefficient (Wildman–Crippen LogP) is 3.98. The molecule has 2 unspecified atom stereocenters. The quantitative estimate of drug-likeness (QED) is 0.909. The van der Waals surface area contributed by atoms with E-state index < -0.39 is 0 Å². The Morgan fingerprint density at radius 2 is 2.00 bits per heavy atom. The topological polar surface area (TPSA) is 29.3 Å². The average Bonchev–Trinajstić information content (AvgIpc) is 2.66. The molecule has 1 aromatic rings. The highest BCUT2D eigenvalue weighted by Gasteiger charge is 2.22. The van der Waals surface area contributed by atoms with Crippen molar-refractivity contribution in [3.63, 3.8) is 0 Å². The molecule has 1 fully saturated rings. The first-order valence-corrected chi connectivity index (χ1v) is 8.27. The van der Waals surface area contributed by atoms with Crippen LogP contribution in [0.4, 0.5) is 10.1 Å². The number of nitrogens with two attached hydrogens (primary N) is 1. The van der Waals surface area contributed by atoms with Crippen LogP contribution in [0.2, 0.25) is 0 Å². The Balaban J connectivity index is 2.19. The Kier molecular flexibility index (Phi) is 5.63. The molecule has 1 aliphatic heterocycles. The molecule has 2 atom stereocenters. The van der Waals surface area contributed by atoms with E-state index >= 15 is 0 Å². The van der Waals surface area contributed by atoms with E-state index in [1.807, 2.05) is 13.0 Å². The lowest BCUT2D eigenvalue weighted by molar-refractivity contribution is 0.351. The molecule has 2 N–H and O–H groups in total. The van der Waals surface area contributed by atoms with Crippen LogP contribution in [0, 0.1) is 17.7 Å². The van der Waals surface area contributed by atoms with Crippen LogP contribution in [0.1, 0.15) is 45.6 Å². The lowest BCUT2D eigenvalue weighted by Crippen LogP contribution is -2.28. The van der Waals surface area contributed by atoms with Crippen molar-refractivity contribution >= 4 is 5.69 Å². The van der Waals surface area contributed by atoms with E-state index in [1.165, 1.54) is 19.3 Å². The Morgan fingerprint density at radius 3 is 2.67 bits per heavy atom. The highest BCUT2D eigenvalue weighted by atomic mass is 19.1. The molecule has 1 aromatic carbocycles. The number of rotatable bonds is 4. The minimum atomic E-state index is -0.116. The first-order valence-electron chi connectivity index (χ1n) is 8.27. The van der Waals surface area contributed by atoms with Gasteiger partial charge in [-0.1, -0.05) is 19.9 Å². The molecular weight excluding hydrogens is 263 g/mol. The van der Waals surface area contributed by atoms with Gasteiger partial charge in [0.25, 0.3) is 0 Å². The zero-order valence-electron chi connectivity index (χ0n) is 13.6. The second kappa shape index (κ2) is 7.26. The fourth-order valence-corrected chi connectivity index (χ4v) is 3.40. The van der Waals surface area contributed by atoms with Crippen LogP contribution in [0.3, 0.4) is 0 Å². The lowest BCUT2D eigenvalue weighted by Gasteiger charge is -2.27. The van der Waals surface area contributed by atoms with Gasteiger partial charge >= 0.3 is 0 Å². The van der Waals surface area contributed by atoms with E-state index in [2.05, 4.69) is 24.8 Å². The van der Waals surface area contributed by atoms with Gasteiger partial charge in [-0.25, -0.2) is 4.39 Å². The van der Waals surface area contributed by atoms with Crippen LogP contribution in [0.5, 0.6) is 0 Å². The summed E-state index contributed by atoms with van der Waals surface area (Å²) >= 11 is 0. The largest absolute Gasteiger partial charge is 0.371 e. The molecular formula is C18H29FN2. The summed E-state index contributed by atoms with van der Waals surface area (Å²) in [4.78, 5) is 2.36. The fraction of sp³-hybridized carbons (Fsp3) is 0.667. The molecule has 0 saturated carbocycles. The summed E-state index contributed by atoms with van der Waals surface area (Å²) in [7, 11) is 0. The van der Waals surface area contributed by atoms with Crippen LogP contribution in [-0.2, 0) is 6.42 Å². The van der Waals surface area contributed by atoms with Crippen molar-refractivity contribution in [1.82, 2.24) is 0 Å². The molecule has 1 saturated heterocycles. The van der Waals surface area contributed by atoms with Crippen LogP contribution in [-0.4, -0.2) is 19.1 Å². The Bertz CT molecular complexity index is 457. The molecule has 0 bridgehead atoms. The van der Waals surface area contributed by atoms with Crippen LogP contribution < -0.4 is 10.6 Å². The fourth-order valence-electron chi connectivity index (χ4n) is 3.40. The molecule has 118 valence electrons. The normalized spacial score (nSPS) is 21.4. The third-order valence-electron chi connectivity index (χ3n) is 4.68. The lowest BCUT2D eigenvalue weighted by atomic mass is 9.89. The van der Waals surface area contributed by atoms with E-state index in [9.17, 15) is 4.39 Å². The molecule has 2 nitrogen and oxygen atoms in total. The summed E-state index contributed by atoms with van der Waals surface area (Å²) in [5.41, 5.74) is 7.74. The van der Waals surface area contributed by atoms with E-state index in [0.717, 1.165) is 36.2 Å². The number of hydrogen-bond acceptors (Lipinski definition) is 2. The smallest absolute Gasteiger partial charge is 0.128 e. The Hall–Kier alpha value is -1.09. The molecule has 0 radical (unpaired) electrons. The highest BCUT2D eigenvalue weighted by Crippen LogP contribution is 2.30. The van der Waals surface area contributed by atoms with Gasteiger partial charge < -0.3 is 10.6 Å². The van der Waals surface area contributed by atoms with Gasteiger partial charge in [-0.3, -0.25) is 0 Å². The zero-order valence-corrected chi connectivity index (χ0v) is 13.6. The SMILES string of the molecule is CC(N)Cc1c(F)cccc1N1CCCC(C(C)C)CC1. The summed E-state index contributed by atoms with van der Waals surface area (Å²) in [5.74, 6) is 1.41. The van der Waals surface area contributed by atoms with Crippen molar-refractivity contribution in [3.8, 4) is 0 Å². The van der Waals surface area contributed by atoms with Gasteiger partial charge in [0, 0.05) is 30.4 Å². The van der Waals surface area contributed by atoms with Crippen LogP contribution >= 0.6 is 0 Å². The molecule has 3 heteroatoms. The van der Waals surface area contributed by atoms with Gasteiger partial charge in [-0.15, -0.1) is 0 Å². The van der Waals surface area contributed by atoms with Crippen molar-refractivity contribution in [2.75, 3.05) is 18.0 Å². The van der Waals surface area contributed by atoms with Crippen molar-refractivity contribution in [1.29, 1.82) is 0 Å². The van der Waals surface area contributed by atoms with Crippen molar-refractivity contribution in [3.05, 3.63) is 29.6 Å². The number of hydrogen-bond donors (Lipinski definition) is 1. The van der Waals surface area contributed by atoms with Crippen molar-refractivity contribution < 1.29 is 4.39 Å². The maximum absolute atomic E-state index is 14.2. The molecule has 0 spiro atoms. The summed E-state index contributed by atoms with van der Waals surface area (Å²) in [6, 6.07) is 5.41. The second-order valence-electron chi connectivity index (χ2n) is 6.84. The molecule has 1 heterocycles. The number of anilines is 1. The first kappa shape index (κ1) is 16.3. The number of benzene rings is 1. The summed E-state index contributed by atoms with van der Waals surface area (Å²) < 4.78 is 14.2. The minimum absolute atomic E-state index is 0.0176. The standard InChI is InChI=1S/C18H29FN2/c1-13(2)15-6-5-10-21(11-9-15)18-8-4-7-17(19)16(18)12-14(3)20/h4,7-8,13-15H,5-6,9-12,20H2,1-3H3. The highest BCUT2D eigenvalue weighted by molar-refractivity contribution is 5.54. The molecule has 21 heavy (non-hydrogen) atoms. The van der Waals surface area contributed by atoms with E-state index in [-0.39, 0.29) is 11.9 Å². The third-order valence-corrected chi connectivity index (χ3v) is 4.68. The predicted molar refractivity (Wildman–Crippen MR) is 88.1 cm³/mol. The van der Waals surface area contributed by atoms with Gasteiger partial charge in [0.05, 0.1) is 0 Å².